The molecule has 2 N–H and O–H groups in total. The highest BCUT2D eigenvalue weighted by Crippen LogP contribution is 2.25. The Hall–Kier alpha value is -2.76. The van der Waals surface area contributed by atoms with Gasteiger partial charge in [0, 0.05) is 12.0 Å². The SMILES string of the molecule is CC(NC(=O)c1ccc2c(c1)CCO2)C(=O)NCc1ccco1. The van der Waals surface area contributed by atoms with Crippen molar-refractivity contribution < 1.29 is 18.7 Å². The molecule has 2 heterocycles. The van der Waals surface area contributed by atoms with Gasteiger partial charge in [-0.25, -0.2) is 0 Å². The maximum absolute atomic E-state index is 12.2. The van der Waals surface area contributed by atoms with Crippen LogP contribution in [-0.4, -0.2) is 24.5 Å². The maximum atomic E-state index is 12.2. The normalized spacial score (nSPS) is 13.8. The molecule has 0 spiro atoms. The third-order valence-corrected chi connectivity index (χ3v) is 3.71. The standard InChI is InChI=1S/C17H18N2O4/c1-11(16(20)18-10-14-3-2-7-22-14)19-17(21)13-4-5-15-12(9-13)6-8-23-15/h2-5,7,9,11H,6,8,10H2,1H3,(H,18,20)(H,19,21). The molecule has 0 saturated heterocycles. The molecule has 1 unspecified atom stereocenters. The van der Waals surface area contributed by atoms with E-state index >= 15 is 0 Å². The molecule has 2 amide bonds. The molecule has 0 bridgehead atoms. The van der Waals surface area contributed by atoms with Gasteiger partial charge in [-0.2, -0.15) is 0 Å². The number of hydrogen-bond acceptors (Lipinski definition) is 4. The number of rotatable bonds is 5. The lowest BCUT2D eigenvalue weighted by atomic mass is 10.1. The zero-order chi connectivity index (χ0) is 16.2. The minimum atomic E-state index is -0.637. The van der Waals surface area contributed by atoms with Crippen molar-refractivity contribution in [1.29, 1.82) is 0 Å². The molecule has 0 radical (unpaired) electrons. The molecule has 1 aliphatic heterocycles. The summed E-state index contributed by atoms with van der Waals surface area (Å²) in [7, 11) is 0. The summed E-state index contributed by atoms with van der Waals surface area (Å²) in [5, 5.41) is 5.41. The molecule has 23 heavy (non-hydrogen) atoms. The fourth-order valence-electron chi connectivity index (χ4n) is 2.41. The highest BCUT2D eigenvalue weighted by atomic mass is 16.5. The van der Waals surface area contributed by atoms with Crippen LogP contribution >= 0.6 is 0 Å². The van der Waals surface area contributed by atoms with E-state index in [1.165, 1.54) is 0 Å². The summed E-state index contributed by atoms with van der Waals surface area (Å²) in [6.07, 6.45) is 2.35. The van der Waals surface area contributed by atoms with Crippen LogP contribution in [0.25, 0.3) is 0 Å². The van der Waals surface area contributed by atoms with Gasteiger partial charge in [0.15, 0.2) is 0 Å². The Labute approximate surface area is 133 Å². The third kappa shape index (κ3) is 3.53. The van der Waals surface area contributed by atoms with Crippen molar-refractivity contribution in [2.45, 2.75) is 25.9 Å². The number of nitrogens with one attached hydrogen (secondary N) is 2. The van der Waals surface area contributed by atoms with Crippen LogP contribution in [0.15, 0.2) is 41.0 Å². The van der Waals surface area contributed by atoms with E-state index in [0.29, 0.717) is 24.5 Å². The second-order valence-electron chi connectivity index (χ2n) is 5.41. The van der Waals surface area contributed by atoms with Gasteiger partial charge in [-0.1, -0.05) is 0 Å². The average Bonchev–Trinajstić information content (AvgIpc) is 3.22. The van der Waals surface area contributed by atoms with E-state index in [4.69, 9.17) is 9.15 Å². The Balaban J connectivity index is 1.55. The van der Waals surface area contributed by atoms with E-state index in [9.17, 15) is 9.59 Å². The predicted octanol–water partition coefficient (Wildman–Crippen LogP) is 1.65. The summed E-state index contributed by atoms with van der Waals surface area (Å²) in [5.74, 6) is 0.945. The summed E-state index contributed by atoms with van der Waals surface area (Å²) < 4.78 is 10.6. The van der Waals surface area contributed by atoms with E-state index in [-0.39, 0.29) is 11.8 Å². The molecule has 1 atom stereocenters. The molecule has 0 aliphatic carbocycles. The summed E-state index contributed by atoms with van der Waals surface area (Å²) in [5.41, 5.74) is 1.55. The van der Waals surface area contributed by atoms with Gasteiger partial charge in [-0.3, -0.25) is 9.59 Å². The molecule has 1 aromatic heterocycles. The Morgan fingerprint density at radius 3 is 2.96 bits per heavy atom. The summed E-state index contributed by atoms with van der Waals surface area (Å²) in [6, 6.07) is 8.19. The number of carbonyl (C=O) groups excluding carboxylic acids is 2. The van der Waals surface area contributed by atoms with Crippen molar-refractivity contribution in [3.8, 4) is 5.75 Å². The van der Waals surface area contributed by atoms with Crippen LogP contribution in [0.1, 0.15) is 28.6 Å². The van der Waals surface area contributed by atoms with Crippen molar-refractivity contribution in [3.05, 3.63) is 53.5 Å². The number of hydrogen-bond donors (Lipinski definition) is 2. The molecular weight excluding hydrogens is 296 g/mol. The van der Waals surface area contributed by atoms with Crippen molar-refractivity contribution in [3.63, 3.8) is 0 Å². The number of benzene rings is 1. The molecule has 6 nitrogen and oxygen atoms in total. The van der Waals surface area contributed by atoms with Crippen LogP contribution in [0, 0.1) is 0 Å². The lowest BCUT2D eigenvalue weighted by molar-refractivity contribution is -0.122. The second kappa shape index (κ2) is 6.56. The lowest BCUT2D eigenvalue weighted by Gasteiger charge is -2.14. The Kier molecular flexibility index (Phi) is 4.32. The topological polar surface area (TPSA) is 80.6 Å². The molecule has 6 heteroatoms. The van der Waals surface area contributed by atoms with Gasteiger partial charge in [-0.15, -0.1) is 0 Å². The number of carbonyl (C=O) groups is 2. The van der Waals surface area contributed by atoms with E-state index in [0.717, 1.165) is 17.7 Å². The van der Waals surface area contributed by atoms with Gasteiger partial charge in [0.2, 0.25) is 5.91 Å². The molecule has 0 fully saturated rings. The highest BCUT2D eigenvalue weighted by Gasteiger charge is 2.19. The minimum Gasteiger partial charge on any atom is -0.493 e. The minimum absolute atomic E-state index is 0.265. The van der Waals surface area contributed by atoms with E-state index in [2.05, 4.69) is 10.6 Å². The Bertz CT molecular complexity index is 709. The van der Waals surface area contributed by atoms with Crippen LogP contribution < -0.4 is 15.4 Å². The van der Waals surface area contributed by atoms with Gasteiger partial charge >= 0.3 is 0 Å². The maximum Gasteiger partial charge on any atom is 0.251 e. The van der Waals surface area contributed by atoms with Crippen LogP contribution in [-0.2, 0) is 17.8 Å². The van der Waals surface area contributed by atoms with Crippen molar-refractivity contribution in [2.75, 3.05) is 6.61 Å². The first-order valence-electron chi connectivity index (χ1n) is 7.50. The molecule has 3 rings (SSSR count). The Morgan fingerprint density at radius 2 is 2.17 bits per heavy atom. The first-order chi connectivity index (χ1) is 11.1. The quantitative estimate of drug-likeness (QED) is 0.879. The largest absolute Gasteiger partial charge is 0.493 e. The number of fused-ring (bicyclic) bond motifs is 1. The van der Waals surface area contributed by atoms with Gasteiger partial charge in [0.25, 0.3) is 5.91 Å². The van der Waals surface area contributed by atoms with Gasteiger partial charge in [0.1, 0.15) is 17.6 Å². The van der Waals surface area contributed by atoms with Crippen LogP contribution in [0.2, 0.25) is 0 Å². The second-order valence-corrected chi connectivity index (χ2v) is 5.41. The van der Waals surface area contributed by atoms with E-state index in [1.54, 1.807) is 37.5 Å². The van der Waals surface area contributed by atoms with E-state index in [1.807, 2.05) is 6.07 Å². The number of ether oxygens (including phenoxy) is 1. The number of amides is 2. The van der Waals surface area contributed by atoms with Crippen LogP contribution in [0.3, 0.4) is 0 Å². The predicted molar refractivity (Wildman–Crippen MR) is 83.1 cm³/mol. The smallest absolute Gasteiger partial charge is 0.251 e. The summed E-state index contributed by atoms with van der Waals surface area (Å²) in [6.45, 7) is 2.58. The van der Waals surface area contributed by atoms with E-state index < -0.39 is 6.04 Å². The fourth-order valence-corrected chi connectivity index (χ4v) is 2.41. The molecule has 1 aliphatic rings. The first kappa shape index (κ1) is 15.1. The average molecular weight is 314 g/mol. The fraction of sp³-hybridized carbons (Fsp3) is 0.294. The zero-order valence-electron chi connectivity index (χ0n) is 12.8. The van der Waals surface area contributed by atoms with Gasteiger partial charge < -0.3 is 19.8 Å². The van der Waals surface area contributed by atoms with Crippen molar-refractivity contribution in [1.82, 2.24) is 10.6 Å². The number of furan rings is 1. The summed E-state index contributed by atoms with van der Waals surface area (Å²) in [4.78, 5) is 24.2. The summed E-state index contributed by atoms with van der Waals surface area (Å²) >= 11 is 0. The molecular formula is C17H18N2O4. The van der Waals surface area contributed by atoms with Crippen LogP contribution in [0.4, 0.5) is 0 Å². The van der Waals surface area contributed by atoms with Gasteiger partial charge in [0.05, 0.1) is 19.4 Å². The van der Waals surface area contributed by atoms with Crippen molar-refractivity contribution >= 4 is 11.8 Å². The molecule has 0 saturated carbocycles. The first-order valence-corrected chi connectivity index (χ1v) is 7.50. The third-order valence-electron chi connectivity index (χ3n) is 3.71. The molecule has 2 aromatic rings. The van der Waals surface area contributed by atoms with Crippen molar-refractivity contribution in [2.24, 2.45) is 0 Å². The lowest BCUT2D eigenvalue weighted by Crippen LogP contribution is -2.44. The Morgan fingerprint density at radius 1 is 1.30 bits per heavy atom. The zero-order valence-corrected chi connectivity index (χ0v) is 12.8. The monoisotopic (exact) mass is 314 g/mol. The highest BCUT2D eigenvalue weighted by molar-refractivity contribution is 5.97. The van der Waals surface area contributed by atoms with Gasteiger partial charge in [-0.05, 0) is 42.8 Å². The molecule has 120 valence electrons. The van der Waals surface area contributed by atoms with Crippen LogP contribution in [0.5, 0.6) is 5.75 Å². The molecule has 1 aromatic carbocycles.